The number of esters is 1. The molecule has 0 aromatic heterocycles. The molecular formula is C16H24O3. The molecule has 0 aliphatic rings. The largest absolute Gasteiger partial charge is 0.496 e. The van der Waals surface area contributed by atoms with Crippen LogP contribution in [0.15, 0.2) is 24.3 Å². The fourth-order valence-corrected chi connectivity index (χ4v) is 2.39. The molecule has 1 atom stereocenters. The van der Waals surface area contributed by atoms with Gasteiger partial charge in [0, 0.05) is 0 Å². The van der Waals surface area contributed by atoms with Crippen molar-refractivity contribution in [2.24, 2.45) is 5.41 Å². The first kappa shape index (κ1) is 15.5. The molecule has 1 unspecified atom stereocenters. The van der Waals surface area contributed by atoms with Crippen LogP contribution in [0.3, 0.4) is 0 Å². The molecule has 3 nitrogen and oxygen atoms in total. The first-order chi connectivity index (χ1) is 9.07. The van der Waals surface area contributed by atoms with Gasteiger partial charge in [0.2, 0.25) is 0 Å². The average molecular weight is 264 g/mol. The van der Waals surface area contributed by atoms with Crippen molar-refractivity contribution in [3.63, 3.8) is 0 Å². The summed E-state index contributed by atoms with van der Waals surface area (Å²) in [6, 6.07) is 7.83. The van der Waals surface area contributed by atoms with Gasteiger partial charge in [0.1, 0.15) is 5.75 Å². The Kier molecular flexibility index (Phi) is 5.87. The Morgan fingerprint density at radius 1 is 1.26 bits per heavy atom. The molecule has 0 spiro atoms. The van der Waals surface area contributed by atoms with E-state index in [4.69, 9.17) is 9.47 Å². The summed E-state index contributed by atoms with van der Waals surface area (Å²) in [7, 11) is 1.65. The number of carbonyl (C=O) groups excluding carboxylic acids is 1. The second kappa shape index (κ2) is 7.17. The summed E-state index contributed by atoms with van der Waals surface area (Å²) < 4.78 is 10.6. The van der Waals surface area contributed by atoms with Crippen LogP contribution in [-0.4, -0.2) is 19.7 Å². The van der Waals surface area contributed by atoms with Crippen molar-refractivity contribution in [3.8, 4) is 5.75 Å². The molecule has 106 valence electrons. The van der Waals surface area contributed by atoms with E-state index in [1.807, 2.05) is 38.1 Å². The molecule has 1 rings (SSSR count). The number of methoxy groups -OCH3 is 1. The van der Waals surface area contributed by atoms with Gasteiger partial charge in [0.15, 0.2) is 0 Å². The minimum Gasteiger partial charge on any atom is -0.496 e. The molecule has 1 aromatic carbocycles. The Labute approximate surface area is 115 Å². The lowest BCUT2D eigenvalue weighted by atomic mass is 9.79. The third-order valence-electron chi connectivity index (χ3n) is 3.34. The second-order valence-electron chi connectivity index (χ2n) is 5.02. The van der Waals surface area contributed by atoms with Gasteiger partial charge in [-0.3, -0.25) is 4.79 Å². The molecule has 0 radical (unpaired) electrons. The predicted octanol–water partition coefficient (Wildman–Crippen LogP) is 3.61. The van der Waals surface area contributed by atoms with Crippen molar-refractivity contribution in [1.82, 2.24) is 0 Å². The average Bonchev–Trinajstić information content (AvgIpc) is 2.40. The third kappa shape index (κ3) is 3.98. The maximum absolute atomic E-state index is 12.2. The molecule has 3 heteroatoms. The van der Waals surface area contributed by atoms with Crippen LogP contribution in [0.4, 0.5) is 0 Å². The molecule has 0 bridgehead atoms. The van der Waals surface area contributed by atoms with Crippen LogP contribution >= 0.6 is 0 Å². The number of hydrogen-bond acceptors (Lipinski definition) is 3. The van der Waals surface area contributed by atoms with E-state index in [1.54, 1.807) is 7.11 Å². The summed E-state index contributed by atoms with van der Waals surface area (Å²) in [5, 5.41) is 0. The van der Waals surface area contributed by atoms with Crippen molar-refractivity contribution in [3.05, 3.63) is 29.8 Å². The van der Waals surface area contributed by atoms with Gasteiger partial charge in [-0.05, 0) is 38.3 Å². The molecule has 19 heavy (non-hydrogen) atoms. The van der Waals surface area contributed by atoms with Crippen LogP contribution < -0.4 is 4.74 Å². The van der Waals surface area contributed by atoms with E-state index >= 15 is 0 Å². The number of carbonyl (C=O) groups is 1. The van der Waals surface area contributed by atoms with Gasteiger partial charge >= 0.3 is 5.97 Å². The minimum atomic E-state index is -0.487. The van der Waals surface area contributed by atoms with Crippen molar-refractivity contribution in [2.75, 3.05) is 13.7 Å². The van der Waals surface area contributed by atoms with Crippen molar-refractivity contribution in [2.45, 2.75) is 40.0 Å². The van der Waals surface area contributed by atoms with Crippen LogP contribution in [0.1, 0.15) is 39.2 Å². The molecule has 0 saturated carbocycles. The van der Waals surface area contributed by atoms with E-state index in [1.165, 1.54) is 0 Å². The topological polar surface area (TPSA) is 35.5 Å². The van der Waals surface area contributed by atoms with Crippen LogP contribution in [0.25, 0.3) is 0 Å². The quantitative estimate of drug-likeness (QED) is 0.706. The summed E-state index contributed by atoms with van der Waals surface area (Å²) in [6.07, 6.45) is 2.40. The van der Waals surface area contributed by atoms with Crippen LogP contribution in [0, 0.1) is 5.41 Å². The van der Waals surface area contributed by atoms with Gasteiger partial charge in [-0.2, -0.15) is 0 Å². The number of para-hydroxylation sites is 1. The Bertz CT molecular complexity index is 414. The van der Waals surface area contributed by atoms with Gasteiger partial charge in [-0.15, -0.1) is 0 Å². The van der Waals surface area contributed by atoms with E-state index in [0.717, 1.165) is 24.2 Å². The third-order valence-corrected chi connectivity index (χ3v) is 3.34. The first-order valence-corrected chi connectivity index (χ1v) is 6.86. The highest BCUT2D eigenvalue weighted by molar-refractivity contribution is 5.77. The van der Waals surface area contributed by atoms with Crippen LogP contribution in [-0.2, 0) is 16.0 Å². The van der Waals surface area contributed by atoms with Gasteiger partial charge in [-0.25, -0.2) is 0 Å². The number of benzene rings is 1. The highest BCUT2D eigenvalue weighted by atomic mass is 16.5. The van der Waals surface area contributed by atoms with Crippen molar-refractivity contribution < 1.29 is 14.3 Å². The zero-order chi connectivity index (χ0) is 14.3. The molecule has 0 saturated heterocycles. The van der Waals surface area contributed by atoms with Crippen LogP contribution in [0.5, 0.6) is 5.75 Å². The first-order valence-electron chi connectivity index (χ1n) is 6.86. The highest BCUT2D eigenvalue weighted by Crippen LogP contribution is 2.33. The summed E-state index contributed by atoms with van der Waals surface area (Å²) in [4.78, 5) is 12.2. The fourth-order valence-electron chi connectivity index (χ4n) is 2.39. The molecule has 0 fully saturated rings. The van der Waals surface area contributed by atoms with Gasteiger partial charge in [0.05, 0.1) is 19.1 Å². The Morgan fingerprint density at radius 2 is 1.95 bits per heavy atom. The summed E-state index contributed by atoms with van der Waals surface area (Å²) in [5.74, 6) is 0.705. The van der Waals surface area contributed by atoms with Crippen molar-refractivity contribution in [1.29, 1.82) is 0 Å². The van der Waals surface area contributed by atoms with E-state index < -0.39 is 5.41 Å². The van der Waals surface area contributed by atoms with Gasteiger partial charge in [-0.1, -0.05) is 31.5 Å². The molecular weight excluding hydrogens is 240 g/mol. The smallest absolute Gasteiger partial charge is 0.312 e. The number of ether oxygens (including phenoxy) is 2. The lowest BCUT2D eigenvalue weighted by Gasteiger charge is -2.27. The Hall–Kier alpha value is -1.51. The molecule has 0 aliphatic carbocycles. The molecule has 0 amide bonds. The highest BCUT2D eigenvalue weighted by Gasteiger charge is 2.34. The van der Waals surface area contributed by atoms with Gasteiger partial charge < -0.3 is 9.47 Å². The van der Waals surface area contributed by atoms with E-state index in [9.17, 15) is 4.79 Å². The second-order valence-corrected chi connectivity index (χ2v) is 5.02. The summed E-state index contributed by atoms with van der Waals surface area (Å²) >= 11 is 0. The monoisotopic (exact) mass is 264 g/mol. The summed E-state index contributed by atoms with van der Waals surface area (Å²) in [6.45, 7) is 6.32. The zero-order valence-corrected chi connectivity index (χ0v) is 12.4. The maximum Gasteiger partial charge on any atom is 0.312 e. The van der Waals surface area contributed by atoms with E-state index in [0.29, 0.717) is 13.0 Å². The lowest BCUT2D eigenvalue weighted by molar-refractivity contribution is -0.154. The van der Waals surface area contributed by atoms with Crippen molar-refractivity contribution >= 4 is 5.97 Å². The standard InChI is InChI=1S/C16H24O3/c1-5-11-16(3,15(17)19-6-2)12-13-9-7-8-10-14(13)18-4/h7-10H,5-6,11-12H2,1-4H3. The Balaban J connectivity index is 2.97. The van der Waals surface area contributed by atoms with Gasteiger partial charge in [0.25, 0.3) is 0 Å². The normalized spacial score (nSPS) is 13.7. The van der Waals surface area contributed by atoms with E-state index in [2.05, 4.69) is 6.92 Å². The molecule has 1 aromatic rings. The van der Waals surface area contributed by atoms with E-state index in [-0.39, 0.29) is 5.97 Å². The van der Waals surface area contributed by atoms with Crippen LogP contribution in [0.2, 0.25) is 0 Å². The minimum absolute atomic E-state index is 0.122. The SMILES string of the molecule is CCCC(C)(Cc1ccccc1OC)C(=O)OCC. The number of rotatable bonds is 7. The number of hydrogen-bond donors (Lipinski definition) is 0. The fraction of sp³-hybridized carbons (Fsp3) is 0.562. The molecule has 0 aliphatic heterocycles. The molecule has 0 N–H and O–H groups in total. The lowest BCUT2D eigenvalue weighted by Crippen LogP contribution is -2.32. The predicted molar refractivity (Wildman–Crippen MR) is 76.3 cm³/mol. The zero-order valence-electron chi connectivity index (χ0n) is 12.4. The maximum atomic E-state index is 12.2. The summed E-state index contributed by atoms with van der Waals surface area (Å²) in [5.41, 5.74) is 0.563. The molecule has 0 heterocycles. The Morgan fingerprint density at radius 3 is 2.53 bits per heavy atom.